The van der Waals surface area contributed by atoms with Gasteiger partial charge in [-0.2, -0.15) is 0 Å². The topological polar surface area (TPSA) is 80.4 Å². The van der Waals surface area contributed by atoms with Gasteiger partial charge in [-0.25, -0.2) is 0 Å². The fourth-order valence-corrected chi connectivity index (χ4v) is 0.869. The Morgan fingerprint density at radius 2 is 1.50 bits per heavy atom. The molecule has 0 radical (unpaired) electrons. The lowest BCUT2D eigenvalue weighted by Crippen LogP contribution is -2.17. The van der Waals surface area contributed by atoms with Gasteiger partial charge in [0.25, 0.3) is 0 Å². The normalized spacial score (nSPS) is 13.6. The zero-order valence-electron chi connectivity index (χ0n) is 9.41. The van der Waals surface area contributed by atoms with E-state index in [0.717, 1.165) is 0 Å². The Morgan fingerprint density at radius 3 is 1.50 bits per heavy atom. The molecule has 0 saturated carbocycles. The molecule has 2 unspecified atom stereocenters. The maximum atomic E-state index is 10.2. The minimum atomic E-state index is -0.475. The summed E-state index contributed by atoms with van der Waals surface area (Å²) in [6.45, 7) is 6.43. The van der Waals surface area contributed by atoms with Gasteiger partial charge >= 0.3 is 0 Å². The van der Waals surface area contributed by atoms with Crippen molar-refractivity contribution in [3.05, 3.63) is 0 Å². The maximum absolute atomic E-state index is 10.2. The molecular formula is C10H21NO3. The van der Waals surface area contributed by atoms with Gasteiger partial charge in [0.15, 0.2) is 0 Å². The number of aliphatic hydroxyl groups excluding tert-OH is 1. The van der Waals surface area contributed by atoms with E-state index in [1.807, 2.05) is 6.92 Å². The SMILES string of the molecule is CC(=O)CC(C)N.CC(=O)CC(C)O. The second-order valence-electron chi connectivity index (χ2n) is 3.64. The van der Waals surface area contributed by atoms with Gasteiger partial charge < -0.3 is 10.8 Å². The summed E-state index contributed by atoms with van der Waals surface area (Å²) in [6.07, 6.45) is 0.303. The molecule has 0 aromatic carbocycles. The van der Waals surface area contributed by atoms with Crippen molar-refractivity contribution in [1.29, 1.82) is 0 Å². The number of carbonyl (C=O) groups is 2. The Kier molecular flexibility index (Phi) is 9.93. The molecule has 0 heterocycles. The van der Waals surface area contributed by atoms with Crippen molar-refractivity contribution >= 4 is 11.6 Å². The third-order valence-corrected chi connectivity index (χ3v) is 1.19. The molecule has 0 aliphatic heterocycles. The van der Waals surface area contributed by atoms with Crippen molar-refractivity contribution in [3.8, 4) is 0 Å². The van der Waals surface area contributed by atoms with Crippen LogP contribution in [0.15, 0.2) is 0 Å². The molecule has 0 aromatic heterocycles. The molecule has 0 spiro atoms. The molecule has 3 N–H and O–H groups in total. The molecule has 0 fully saturated rings. The molecule has 84 valence electrons. The number of hydrogen-bond donors (Lipinski definition) is 2. The first-order valence-corrected chi connectivity index (χ1v) is 4.68. The lowest BCUT2D eigenvalue weighted by atomic mass is 10.2. The van der Waals surface area contributed by atoms with Gasteiger partial charge in [0.1, 0.15) is 11.6 Å². The Bertz CT molecular complexity index is 156. The first-order chi connectivity index (χ1) is 6.25. The van der Waals surface area contributed by atoms with E-state index in [1.165, 1.54) is 6.92 Å². The average molecular weight is 203 g/mol. The van der Waals surface area contributed by atoms with Gasteiger partial charge in [-0.15, -0.1) is 0 Å². The van der Waals surface area contributed by atoms with Crippen LogP contribution in [0.1, 0.15) is 40.5 Å². The minimum Gasteiger partial charge on any atom is -0.393 e. The predicted molar refractivity (Wildman–Crippen MR) is 55.9 cm³/mol. The van der Waals surface area contributed by atoms with Crippen molar-refractivity contribution in [1.82, 2.24) is 0 Å². The molecule has 2 atom stereocenters. The van der Waals surface area contributed by atoms with E-state index in [1.54, 1.807) is 13.8 Å². The predicted octanol–water partition coefficient (Wildman–Crippen LogP) is 0.659. The first kappa shape index (κ1) is 15.7. The summed E-state index contributed by atoms with van der Waals surface area (Å²) in [6, 6.07) is 0.0255. The van der Waals surface area contributed by atoms with Crippen molar-refractivity contribution in [2.24, 2.45) is 5.73 Å². The molecular weight excluding hydrogens is 182 g/mol. The third kappa shape index (κ3) is 22.5. The van der Waals surface area contributed by atoms with Crippen molar-refractivity contribution in [3.63, 3.8) is 0 Å². The molecule has 4 heteroatoms. The standard InChI is InChI=1S/C5H11NO.C5H10O2/c2*1-4(6)3-5(2)7/h4H,3,6H2,1-2H3;4,6H,3H2,1-2H3. The first-order valence-electron chi connectivity index (χ1n) is 4.68. The summed E-state index contributed by atoms with van der Waals surface area (Å²) in [5.74, 6) is 0.199. The van der Waals surface area contributed by atoms with Gasteiger partial charge in [-0.3, -0.25) is 9.59 Å². The van der Waals surface area contributed by atoms with Crippen molar-refractivity contribution in [2.45, 2.75) is 52.7 Å². The third-order valence-electron chi connectivity index (χ3n) is 1.19. The number of rotatable bonds is 4. The van der Waals surface area contributed by atoms with Gasteiger partial charge in [-0.05, 0) is 27.7 Å². The summed E-state index contributed by atoms with van der Waals surface area (Å²) in [4.78, 5) is 20.3. The van der Waals surface area contributed by atoms with Crippen LogP contribution in [0.3, 0.4) is 0 Å². The minimum absolute atomic E-state index is 0.0255. The molecule has 0 aliphatic carbocycles. The second-order valence-corrected chi connectivity index (χ2v) is 3.64. The van der Waals surface area contributed by atoms with Crippen LogP contribution in [0, 0.1) is 0 Å². The van der Waals surface area contributed by atoms with Crippen LogP contribution in [-0.2, 0) is 9.59 Å². The number of Topliss-reactive ketones (excluding diaryl/α,β-unsaturated/α-hetero) is 2. The van der Waals surface area contributed by atoms with E-state index in [4.69, 9.17) is 10.8 Å². The Labute approximate surface area is 85.5 Å². The van der Waals surface area contributed by atoms with Crippen LogP contribution in [0.5, 0.6) is 0 Å². The number of hydrogen-bond acceptors (Lipinski definition) is 4. The van der Waals surface area contributed by atoms with Gasteiger partial charge in [-0.1, -0.05) is 0 Å². The summed E-state index contributed by atoms with van der Waals surface area (Å²) in [5.41, 5.74) is 5.27. The van der Waals surface area contributed by atoms with Crippen LogP contribution in [0.4, 0.5) is 0 Å². The van der Waals surface area contributed by atoms with Gasteiger partial charge in [0.2, 0.25) is 0 Å². The zero-order valence-corrected chi connectivity index (χ0v) is 9.41. The summed E-state index contributed by atoms with van der Waals surface area (Å²) in [7, 11) is 0. The second kappa shape index (κ2) is 8.84. The van der Waals surface area contributed by atoms with Crippen molar-refractivity contribution in [2.75, 3.05) is 0 Å². The largest absolute Gasteiger partial charge is 0.393 e. The van der Waals surface area contributed by atoms with E-state index in [-0.39, 0.29) is 24.0 Å². The highest BCUT2D eigenvalue weighted by molar-refractivity contribution is 5.76. The van der Waals surface area contributed by atoms with E-state index in [2.05, 4.69) is 0 Å². The molecule has 0 saturated heterocycles. The maximum Gasteiger partial charge on any atom is 0.132 e. The zero-order chi connectivity index (χ0) is 11.7. The van der Waals surface area contributed by atoms with E-state index in [0.29, 0.717) is 6.42 Å². The lowest BCUT2D eigenvalue weighted by molar-refractivity contribution is -0.119. The highest BCUT2D eigenvalue weighted by Gasteiger charge is 1.97. The fraction of sp³-hybridized carbons (Fsp3) is 0.800. The van der Waals surface area contributed by atoms with Gasteiger partial charge in [0.05, 0.1) is 6.10 Å². The molecule has 0 aromatic rings. The monoisotopic (exact) mass is 203 g/mol. The molecule has 0 amide bonds. The van der Waals surface area contributed by atoms with Crippen LogP contribution in [-0.4, -0.2) is 28.8 Å². The van der Waals surface area contributed by atoms with Crippen molar-refractivity contribution < 1.29 is 14.7 Å². The van der Waals surface area contributed by atoms with Gasteiger partial charge in [0, 0.05) is 18.9 Å². The summed E-state index contributed by atoms with van der Waals surface area (Å²) in [5, 5.41) is 8.50. The number of nitrogens with two attached hydrogens (primary N) is 1. The average Bonchev–Trinajstić information content (AvgIpc) is 1.79. The summed E-state index contributed by atoms with van der Waals surface area (Å²) >= 11 is 0. The molecule has 0 rings (SSSR count). The molecule has 0 bridgehead atoms. The Hall–Kier alpha value is -0.740. The fourth-order valence-electron chi connectivity index (χ4n) is 0.869. The highest BCUT2D eigenvalue weighted by Crippen LogP contribution is 1.87. The quantitative estimate of drug-likeness (QED) is 0.703. The number of carbonyl (C=O) groups excluding carboxylic acids is 2. The molecule has 14 heavy (non-hydrogen) atoms. The summed E-state index contributed by atoms with van der Waals surface area (Å²) < 4.78 is 0. The molecule has 0 aliphatic rings. The molecule has 4 nitrogen and oxygen atoms in total. The Balaban J connectivity index is 0. The number of aliphatic hydroxyl groups is 1. The van der Waals surface area contributed by atoms with Crippen LogP contribution >= 0.6 is 0 Å². The van der Waals surface area contributed by atoms with E-state index in [9.17, 15) is 9.59 Å². The van der Waals surface area contributed by atoms with E-state index >= 15 is 0 Å². The van der Waals surface area contributed by atoms with Crippen LogP contribution in [0.25, 0.3) is 0 Å². The smallest absolute Gasteiger partial charge is 0.132 e. The highest BCUT2D eigenvalue weighted by atomic mass is 16.3. The van der Waals surface area contributed by atoms with Crippen LogP contribution in [0.2, 0.25) is 0 Å². The lowest BCUT2D eigenvalue weighted by Gasteiger charge is -1.96. The number of ketones is 2. The Morgan fingerprint density at radius 1 is 1.14 bits per heavy atom. The van der Waals surface area contributed by atoms with Crippen LogP contribution < -0.4 is 5.73 Å². The van der Waals surface area contributed by atoms with E-state index < -0.39 is 6.10 Å².